The maximum Gasteiger partial charge on any atom is 0.256 e. The zero-order valence-electron chi connectivity index (χ0n) is 20.3. The van der Waals surface area contributed by atoms with E-state index in [1.165, 1.54) is 36.4 Å². The summed E-state index contributed by atoms with van der Waals surface area (Å²) in [5.74, 6) is 0.0443. The van der Waals surface area contributed by atoms with Crippen molar-refractivity contribution in [1.29, 1.82) is 0 Å². The van der Waals surface area contributed by atoms with Crippen molar-refractivity contribution in [3.8, 4) is 5.75 Å². The number of carbonyl (C=O) groups excluding carboxylic acids is 1. The van der Waals surface area contributed by atoms with Crippen LogP contribution in [0.4, 0.5) is 15.8 Å². The minimum Gasteiger partial charge on any atom is -0.495 e. The maximum absolute atomic E-state index is 14.6. The van der Waals surface area contributed by atoms with Crippen LogP contribution in [-0.2, 0) is 6.42 Å². The molecule has 0 unspecified atom stereocenters. The summed E-state index contributed by atoms with van der Waals surface area (Å²) in [5, 5.41) is 0. The Bertz CT molecular complexity index is 1130. The number of halogens is 1. The van der Waals surface area contributed by atoms with Crippen LogP contribution in [0.25, 0.3) is 0 Å². The monoisotopic (exact) mass is 493 g/mol. The first-order valence-electron chi connectivity index (χ1n) is 12.1. The largest absolute Gasteiger partial charge is 0.495 e. The van der Waals surface area contributed by atoms with Crippen molar-refractivity contribution >= 4 is 29.2 Å². The highest BCUT2D eigenvalue weighted by atomic mass is 32.2. The smallest absolute Gasteiger partial charge is 0.256 e. The highest BCUT2D eigenvalue weighted by molar-refractivity contribution is 8.00. The Morgan fingerprint density at radius 1 is 1.03 bits per heavy atom. The molecule has 0 radical (unpaired) electrons. The fourth-order valence-electron chi connectivity index (χ4n) is 4.18. The van der Waals surface area contributed by atoms with E-state index in [-0.39, 0.29) is 11.5 Å². The van der Waals surface area contributed by atoms with Gasteiger partial charge in [-0.3, -0.25) is 4.79 Å². The molecule has 0 bridgehead atoms. The van der Waals surface area contributed by atoms with Crippen LogP contribution in [0.2, 0.25) is 0 Å². The van der Waals surface area contributed by atoms with Crippen molar-refractivity contribution in [1.82, 2.24) is 4.90 Å². The summed E-state index contributed by atoms with van der Waals surface area (Å²) in [6, 6.07) is 20.9. The topological polar surface area (TPSA) is 44.8 Å². The average molecular weight is 494 g/mol. The van der Waals surface area contributed by atoms with Gasteiger partial charge in [0, 0.05) is 36.8 Å². The third kappa shape index (κ3) is 6.28. The lowest BCUT2D eigenvalue weighted by Gasteiger charge is -2.36. The Kier molecular flexibility index (Phi) is 8.53. The van der Waals surface area contributed by atoms with Gasteiger partial charge in [0.1, 0.15) is 11.6 Å². The van der Waals surface area contributed by atoms with E-state index >= 15 is 0 Å². The fraction of sp³-hybridized carbons (Fsp3) is 0.321. The highest BCUT2D eigenvalue weighted by Crippen LogP contribution is 2.29. The van der Waals surface area contributed by atoms with E-state index in [4.69, 9.17) is 4.74 Å². The Morgan fingerprint density at radius 3 is 2.49 bits per heavy atom. The number of amides is 1. The number of anilines is 2. The molecular formula is C28H32FN3O2S. The molecule has 0 aliphatic carbocycles. The van der Waals surface area contributed by atoms with Gasteiger partial charge in [-0.05, 0) is 72.8 Å². The van der Waals surface area contributed by atoms with Gasteiger partial charge < -0.3 is 19.3 Å². The second-order valence-corrected chi connectivity index (χ2v) is 9.48. The molecule has 1 heterocycles. The van der Waals surface area contributed by atoms with Crippen LogP contribution in [0, 0.1) is 5.82 Å². The van der Waals surface area contributed by atoms with Crippen LogP contribution in [-0.4, -0.2) is 44.1 Å². The second-order valence-electron chi connectivity index (χ2n) is 8.60. The lowest BCUT2D eigenvalue weighted by Crippen LogP contribution is -2.49. The van der Waals surface area contributed by atoms with Crippen LogP contribution in [0.3, 0.4) is 0 Å². The van der Waals surface area contributed by atoms with E-state index in [1.807, 2.05) is 24.3 Å². The van der Waals surface area contributed by atoms with Gasteiger partial charge >= 0.3 is 0 Å². The molecule has 35 heavy (non-hydrogen) atoms. The normalized spacial score (nSPS) is 13.6. The zero-order chi connectivity index (χ0) is 24.6. The van der Waals surface area contributed by atoms with E-state index in [2.05, 4.69) is 40.8 Å². The minimum atomic E-state index is -0.494. The van der Waals surface area contributed by atoms with E-state index in [0.717, 1.165) is 28.4 Å². The summed E-state index contributed by atoms with van der Waals surface area (Å²) in [5.41, 5.74) is 3.41. The molecule has 0 saturated carbocycles. The zero-order valence-corrected chi connectivity index (χ0v) is 21.1. The Labute approximate surface area is 211 Å². The van der Waals surface area contributed by atoms with Crippen molar-refractivity contribution in [2.75, 3.05) is 42.9 Å². The Hall–Kier alpha value is -3.19. The number of carbonyl (C=O) groups is 1. The molecule has 1 N–H and O–H groups in total. The van der Waals surface area contributed by atoms with E-state index in [9.17, 15) is 9.18 Å². The number of rotatable bonds is 9. The van der Waals surface area contributed by atoms with Gasteiger partial charge in [-0.1, -0.05) is 37.6 Å². The summed E-state index contributed by atoms with van der Waals surface area (Å²) >= 11 is 1.38. The molecule has 1 fully saturated rings. The van der Waals surface area contributed by atoms with Gasteiger partial charge in [-0.15, -0.1) is 0 Å². The molecule has 3 aromatic rings. The average Bonchev–Trinajstić information content (AvgIpc) is 2.91. The predicted molar refractivity (Wildman–Crippen MR) is 142 cm³/mol. The number of nitrogens with one attached hydrogen (secondary N) is 1. The van der Waals surface area contributed by atoms with Crippen molar-refractivity contribution in [2.45, 2.75) is 31.1 Å². The number of benzene rings is 3. The summed E-state index contributed by atoms with van der Waals surface area (Å²) in [6.45, 7) is 4.57. The molecule has 7 heteroatoms. The quantitative estimate of drug-likeness (QED) is 0.357. The third-order valence-electron chi connectivity index (χ3n) is 6.22. The molecule has 0 atom stereocenters. The summed E-state index contributed by atoms with van der Waals surface area (Å²) in [6.07, 6.45) is 3.45. The molecule has 5 nitrogen and oxygen atoms in total. The van der Waals surface area contributed by atoms with Crippen LogP contribution in [0.15, 0.2) is 71.6 Å². The van der Waals surface area contributed by atoms with Crippen molar-refractivity contribution < 1.29 is 13.9 Å². The minimum absolute atomic E-state index is 0.109. The molecule has 1 amide bonds. The van der Waals surface area contributed by atoms with Gasteiger partial charge in [0.05, 0.1) is 18.4 Å². The van der Waals surface area contributed by atoms with Crippen molar-refractivity contribution in [3.05, 3.63) is 83.7 Å². The van der Waals surface area contributed by atoms with Crippen LogP contribution < -0.4 is 14.4 Å². The SMILES string of the molecule is CCCCc1ccc(NSc2ccc(F)c(C(=O)N3CCN(c4ccccc4OC)CC3)c2)cc1. The van der Waals surface area contributed by atoms with Gasteiger partial charge in [-0.2, -0.15) is 0 Å². The molecule has 0 aromatic heterocycles. The summed E-state index contributed by atoms with van der Waals surface area (Å²) < 4.78 is 23.4. The first-order chi connectivity index (χ1) is 17.1. The molecule has 3 aromatic carbocycles. The van der Waals surface area contributed by atoms with E-state index in [1.54, 1.807) is 24.1 Å². The Morgan fingerprint density at radius 2 is 1.77 bits per heavy atom. The summed E-state index contributed by atoms with van der Waals surface area (Å²) in [4.78, 5) is 17.9. The van der Waals surface area contributed by atoms with Crippen LogP contribution in [0.5, 0.6) is 5.75 Å². The van der Waals surface area contributed by atoms with Crippen molar-refractivity contribution in [3.63, 3.8) is 0 Å². The predicted octanol–water partition coefficient (Wildman–Crippen LogP) is 6.26. The first kappa shape index (κ1) is 24.9. The maximum atomic E-state index is 14.6. The molecule has 1 aliphatic heterocycles. The lowest BCUT2D eigenvalue weighted by atomic mass is 10.1. The highest BCUT2D eigenvalue weighted by Gasteiger charge is 2.25. The first-order valence-corrected chi connectivity index (χ1v) is 12.9. The van der Waals surface area contributed by atoms with Gasteiger partial charge in [0.15, 0.2) is 0 Å². The van der Waals surface area contributed by atoms with Crippen molar-refractivity contribution in [2.24, 2.45) is 0 Å². The molecule has 1 saturated heterocycles. The number of methoxy groups -OCH3 is 1. The number of hydrogen-bond donors (Lipinski definition) is 1. The van der Waals surface area contributed by atoms with Gasteiger partial charge in [0.2, 0.25) is 0 Å². The number of aryl methyl sites for hydroxylation is 1. The standard InChI is InChI=1S/C28H32FN3O2S/c1-3-4-7-21-10-12-22(13-11-21)30-35-23-14-15-25(29)24(20-23)28(33)32-18-16-31(17-19-32)26-8-5-6-9-27(26)34-2/h5-6,8-15,20,30H,3-4,7,16-19H2,1-2H3. The molecule has 0 spiro atoms. The van der Waals surface area contributed by atoms with Gasteiger partial charge in [-0.25, -0.2) is 4.39 Å². The fourth-order valence-corrected chi connectivity index (χ4v) is 4.87. The third-order valence-corrected chi connectivity index (χ3v) is 7.05. The second kappa shape index (κ2) is 12.0. The van der Waals surface area contributed by atoms with E-state index < -0.39 is 5.82 Å². The van der Waals surface area contributed by atoms with Gasteiger partial charge in [0.25, 0.3) is 5.91 Å². The molecule has 4 rings (SSSR count). The number of piperazine rings is 1. The molecule has 184 valence electrons. The number of ether oxygens (including phenoxy) is 1. The van der Waals surface area contributed by atoms with E-state index in [0.29, 0.717) is 26.2 Å². The number of unbranched alkanes of at least 4 members (excludes halogenated alkanes) is 1. The number of para-hydroxylation sites is 2. The number of hydrogen-bond acceptors (Lipinski definition) is 5. The Balaban J connectivity index is 1.36. The van der Waals surface area contributed by atoms with Crippen LogP contribution in [0.1, 0.15) is 35.7 Å². The molecule has 1 aliphatic rings. The lowest BCUT2D eigenvalue weighted by molar-refractivity contribution is 0.0741. The molecular weight excluding hydrogens is 461 g/mol. The van der Waals surface area contributed by atoms with Crippen LogP contribution >= 0.6 is 11.9 Å². The summed E-state index contributed by atoms with van der Waals surface area (Å²) in [7, 11) is 1.66. The number of nitrogens with zero attached hydrogens (tertiary/aromatic N) is 2.